The lowest BCUT2D eigenvalue weighted by Crippen LogP contribution is -2.20. The van der Waals surface area contributed by atoms with E-state index in [1.807, 2.05) is 0 Å². The van der Waals surface area contributed by atoms with Crippen molar-refractivity contribution in [2.45, 2.75) is 13.0 Å². The highest BCUT2D eigenvalue weighted by molar-refractivity contribution is 6.30. The van der Waals surface area contributed by atoms with Crippen LogP contribution in [0.5, 0.6) is 0 Å². The first kappa shape index (κ1) is 15.0. The number of halogens is 1. The number of carbonyl (C=O) groups excluding carboxylic acids is 1. The van der Waals surface area contributed by atoms with Crippen molar-refractivity contribution in [2.75, 3.05) is 7.05 Å². The van der Waals surface area contributed by atoms with E-state index in [-0.39, 0.29) is 24.6 Å². The zero-order chi connectivity index (χ0) is 15.4. The molecule has 0 aliphatic rings. The number of aromatic carboxylic acids is 1. The van der Waals surface area contributed by atoms with Crippen LogP contribution < -0.4 is 5.32 Å². The minimum absolute atomic E-state index is 0.158. The van der Waals surface area contributed by atoms with Crippen molar-refractivity contribution in [1.29, 1.82) is 0 Å². The molecule has 8 heteroatoms. The Morgan fingerprint density at radius 3 is 2.57 bits per heavy atom. The zero-order valence-corrected chi connectivity index (χ0v) is 12.0. The second kappa shape index (κ2) is 6.36. The smallest absolute Gasteiger partial charge is 0.358 e. The normalized spacial score (nSPS) is 10.4. The van der Waals surface area contributed by atoms with E-state index in [2.05, 4.69) is 15.6 Å². The lowest BCUT2D eigenvalue weighted by atomic mass is 10.1. The number of hydrogen-bond acceptors (Lipinski definition) is 4. The first-order valence-corrected chi connectivity index (χ1v) is 6.54. The number of nitrogens with one attached hydrogen (secondary N) is 1. The van der Waals surface area contributed by atoms with E-state index in [4.69, 9.17) is 11.6 Å². The first-order valence-electron chi connectivity index (χ1n) is 6.16. The third kappa shape index (κ3) is 3.38. The molecule has 0 atom stereocenters. The monoisotopic (exact) mass is 308 g/mol. The molecule has 0 aliphatic heterocycles. The fraction of sp³-hybridized carbons (Fsp3) is 0.231. The summed E-state index contributed by atoms with van der Waals surface area (Å²) in [6.07, 6.45) is 0.180. The highest BCUT2D eigenvalue weighted by Crippen LogP contribution is 2.24. The summed E-state index contributed by atoms with van der Waals surface area (Å²) < 4.78 is 1.40. The van der Waals surface area contributed by atoms with Gasteiger partial charge in [-0.2, -0.15) is 0 Å². The van der Waals surface area contributed by atoms with Crippen LogP contribution in [0.2, 0.25) is 5.02 Å². The van der Waals surface area contributed by atoms with E-state index in [0.717, 1.165) is 0 Å². The Labute approximate surface area is 125 Å². The summed E-state index contributed by atoms with van der Waals surface area (Å²) in [5, 5.41) is 19.7. The van der Waals surface area contributed by atoms with Gasteiger partial charge in [0.05, 0.1) is 6.54 Å². The van der Waals surface area contributed by atoms with Crippen LogP contribution in [-0.4, -0.2) is 39.0 Å². The van der Waals surface area contributed by atoms with Gasteiger partial charge in [0.15, 0.2) is 5.69 Å². The van der Waals surface area contributed by atoms with E-state index in [0.29, 0.717) is 16.3 Å². The van der Waals surface area contributed by atoms with Gasteiger partial charge >= 0.3 is 5.97 Å². The Morgan fingerprint density at radius 1 is 1.33 bits per heavy atom. The molecule has 0 fully saturated rings. The topological polar surface area (TPSA) is 97.1 Å². The van der Waals surface area contributed by atoms with E-state index in [1.165, 1.54) is 11.7 Å². The minimum Gasteiger partial charge on any atom is -0.476 e. The summed E-state index contributed by atoms with van der Waals surface area (Å²) in [5.41, 5.74) is 0.816. The molecule has 1 amide bonds. The van der Waals surface area contributed by atoms with Gasteiger partial charge in [-0.05, 0) is 12.1 Å². The summed E-state index contributed by atoms with van der Waals surface area (Å²) in [4.78, 5) is 22.6. The predicted molar refractivity (Wildman–Crippen MR) is 76.1 cm³/mol. The zero-order valence-electron chi connectivity index (χ0n) is 11.2. The average Bonchev–Trinajstić information content (AvgIpc) is 2.89. The summed E-state index contributed by atoms with van der Waals surface area (Å²) >= 11 is 5.83. The van der Waals surface area contributed by atoms with Gasteiger partial charge in [0.1, 0.15) is 5.69 Å². The highest BCUT2D eigenvalue weighted by Gasteiger charge is 2.20. The van der Waals surface area contributed by atoms with Crippen LogP contribution in [0.3, 0.4) is 0 Å². The molecule has 2 rings (SSSR count). The SMILES string of the molecule is CNC(=O)CCn1nnc(C(=O)O)c1-c1ccc(Cl)cc1. The molecular formula is C13H13ClN4O3. The van der Waals surface area contributed by atoms with Crippen LogP contribution in [0.15, 0.2) is 24.3 Å². The van der Waals surface area contributed by atoms with Gasteiger partial charge in [0, 0.05) is 24.1 Å². The van der Waals surface area contributed by atoms with Crippen molar-refractivity contribution in [3.05, 3.63) is 35.0 Å². The number of rotatable bonds is 5. The summed E-state index contributed by atoms with van der Waals surface area (Å²) in [7, 11) is 1.53. The second-order valence-corrected chi connectivity index (χ2v) is 4.68. The van der Waals surface area contributed by atoms with Crippen molar-refractivity contribution in [2.24, 2.45) is 0 Å². The van der Waals surface area contributed by atoms with Crippen LogP contribution in [0.25, 0.3) is 11.3 Å². The van der Waals surface area contributed by atoms with Crippen LogP contribution >= 0.6 is 11.6 Å². The van der Waals surface area contributed by atoms with Crippen molar-refractivity contribution in [3.8, 4) is 11.3 Å². The van der Waals surface area contributed by atoms with Gasteiger partial charge in [-0.3, -0.25) is 4.79 Å². The largest absolute Gasteiger partial charge is 0.476 e. The van der Waals surface area contributed by atoms with Gasteiger partial charge < -0.3 is 10.4 Å². The number of aryl methyl sites for hydroxylation is 1. The highest BCUT2D eigenvalue weighted by atomic mass is 35.5. The standard InChI is InChI=1S/C13H13ClN4O3/c1-15-10(19)6-7-18-12(11(13(20)21)16-17-18)8-2-4-9(14)5-3-8/h2-5H,6-7H2,1H3,(H,15,19)(H,20,21). The van der Waals surface area contributed by atoms with Crippen molar-refractivity contribution >= 4 is 23.5 Å². The summed E-state index contributed by atoms with van der Waals surface area (Å²) in [6.45, 7) is 0.234. The Kier molecular flexibility index (Phi) is 4.54. The Hall–Kier alpha value is -2.41. The van der Waals surface area contributed by atoms with Gasteiger partial charge in [0.25, 0.3) is 0 Å². The van der Waals surface area contributed by atoms with Crippen LogP contribution in [-0.2, 0) is 11.3 Å². The average molecular weight is 309 g/mol. The number of amides is 1. The number of aromatic nitrogens is 3. The molecule has 2 N–H and O–H groups in total. The van der Waals surface area contributed by atoms with Gasteiger partial charge in [-0.25, -0.2) is 9.48 Å². The minimum atomic E-state index is -1.17. The quantitative estimate of drug-likeness (QED) is 0.871. The van der Waals surface area contributed by atoms with E-state index in [9.17, 15) is 14.7 Å². The number of carbonyl (C=O) groups is 2. The fourth-order valence-corrected chi connectivity index (χ4v) is 1.97. The Bertz CT molecular complexity index is 667. The number of carboxylic acid groups (broad SMARTS) is 1. The van der Waals surface area contributed by atoms with E-state index >= 15 is 0 Å². The molecular weight excluding hydrogens is 296 g/mol. The maximum Gasteiger partial charge on any atom is 0.358 e. The molecule has 110 valence electrons. The molecule has 0 saturated heterocycles. The Balaban J connectivity index is 2.40. The molecule has 0 radical (unpaired) electrons. The molecule has 0 aliphatic carbocycles. The molecule has 0 bridgehead atoms. The lowest BCUT2D eigenvalue weighted by molar-refractivity contribution is -0.120. The Morgan fingerprint density at radius 2 is 2.00 bits per heavy atom. The van der Waals surface area contributed by atoms with Crippen molar-refractivity contribution in [3.63, 3.8) is 0 Å². The predicted octanol–water partition coefficient (Wildman–Crippen LogP) is 1.43. The lowest BCUT2D eigenvalue weighted by Gasteiger charge is -2.07. The van der Waals surface area contributed by atoms with Crippen LogP contribution in [0, 0.1) is 0 Å². The molecule has 2 aromatic rings. The molecule has 21 heavy (non-hydrogen) atoms. The maximum absolute atomic E-state index is 11.3. The van der Waals surface area contributed by atoms with Crippen LogP contribution in [0.1, 0.15) is 16.9 Å². The van der Waals surface area contributed by atoms with E-state index < -0.39 is 5.97 Å². The van der Waals surface area contributed by atoms with Crippen LogP contribution in [0.4, 0.5) is 0 Å². The number of hydrogen-bond donors (Lipinski definition) is 2. The molecule has 1 aromatic carbocycles. The fourth-order valence-electron chi connectivity index (χ4n) is 1.84. The molecule has 1 heterocycles. The second-order valence-electron chi connectivity index (χ2n) is 4.25. The molecule has 1 aromatic heterocycles. The third-order valence-electron chi connectivity index (χ3n) is 2.88. The number of nitrogens with zero attached hydrogens (tertiary/aromatic N) is 3. The summed E-state index contributed by atoms with van der Waals surface area (Å²) in [6, 6.07) is 6.67. The van der Waals surface area contributed by atoms with Crippen molar-refractivity contribution < 1.29 is 14.7 Å². The first-order chi connectivity index (χ1) is 10.0. The number of benzene rings is 1. The third-order valence-corrected chi connectivity index (χ3v) is 3.14. The number of carboxylic acids is 1. The van der Waals surface area contributed by atoms with E-state index in [1.54, 1.807) is 24.3 Å². The van der Waals surface area contributed by atoms with Gasteiger partial charge in [0.2, 0.25) is 5.91 Å². The molecule has 0 saturated carbocycles. The van der Waals surface area contributed by atoms with Crippen molar-refractivity contribution in [1.82, 2.24) is 20.3 Å². The molecule has 7 nitrogen and oxygen atoms in total. The molecule has 0 unspecified atom stereocenters. The molecule has 0 spiro atoms. The van der Waals surface area contributed by atoms with Gasteiger partial charge in [-0.15, -0.1) is 5.10 Å². The maximum atomic E-state index is 11.3. The summed E-state index contributed by atoms with van der Waals surface area (Å²) in [5.74, 6) is -1.34. The van der Waals surface area contributed by atoms with Gasteiger partial charge in [-0.1, -0.05) is 28.9 Å².